The lowest BCUT2D eigenvalue weighted by Gasteiger charge is -2.41. The molecule has 114 valence electrons. The van der Waals surface area contributed by atoms with Gasteiger partial charge in [0.25, 0.3) is 0 Å². The molecule has 2 fully saturated rings. The standard InChI is InChI=1S/C14H24N2O4/c1-10-9-20-11(2)8-16(10)14(19)15-5-3-12(4-6-15)7-13(17)18/h10-12H,3-9H2,1-2H3,(H,17,18). The number of morpholine rings is 1. The van der Waals surface area contributed by atoms with Gasteiger partial charge in [0, 0.05) is 26.1 Å². The minimum absolute atomic E-state index is 0.0708. The molecule has 0 aliphatic carbocycles. The van der Waals surface area contributed by atoms with E-state index in [2.05, 4.69) is 0 Å². The summed E-state index contributed by atoms with van der Waals surface area (Å²) in [5, 5.41) is 8.81. The lowest BCUT2D eigenvalue weighted by atomic mass is 9.94. The van der Waals surface area contributed by atoms with Gasteiger partial charge in [-0.25, -0.2) is 4.79 Å². The average Bonchev–Trinajstić information content (AvgIpc) is 2.41. The van der Waals surface area contributed by atoms with Crippen LogP contribution in [0.15, 0.2) is 0 Å². The van der Waals surface area contributed by atoms with Crippen LogP contribution in [0.2, 0.25) is 0 Å². The summed E-state index contributed by atoms with van der Waals surface area (Å²) in [5.41, 5.74) is 0. The van der Waals surface area contributed by atoms with E-state index in [9.17, 15) is 9.59 Å². The number of amides is 2. The summed E-state index contributed by atoms with van der Waals surface area (Å²) in [6, 6.07) is 0.178. The molecule has 0 radical (unpaired) electrons. The van der Waals surface area contributed by atoms with Crippen LogP contribution >= 0.6 is 0 Å². The Morgan fingerprint density at radius 1 is 1.25 bits per heavy atom. The molecule has 0 aromatic carbocycles. The van der Waals surface area contributed by atoms with E-state index in [1.54, 1.807) is 0 Å². The molecule has 2 aliphatic rings. The Bertz CT molecular complexity index is 366. The summed E-state index contributed by atoms with van der Waals surface area (Å²) >= 11 is 0. The third-order valence-electron chi connectivity index (χ3n) is 4.20. The maximum Gasteiger partial charge on any atom is 0.320 e. The van der Waals surface area contributed by atoms with Gasteiger partial charge in [-0.1, -0.05) is 0 Å². The number of likely N-dealkylation sites (tertiary alicyclic amines) is 1. The third-order valence-corrected chi connectivity index (χ3v) is 4.20. The summed E-state index contributed by atoms with van der Waals surface area (Å²) in [7, 11) is 0. The van der Waals surface area contributed by atoms with Crippen molar-refractivity contribution in [3.63, 3.8) is 0 Å². The Morgan fingerprint density at radius 2 is 1.90 bits per heavy atom. The number of hydrogen-bond donors (Lipinski definition) is 1. The van der Waals surface area contributed by atoms with Crippen LogP contribution in [0.3, 0.4) is 0 Å². The highest BCUT2D eigenvalue weighted by Gasteiger charge is 2.32. The van der Waals surface area contributed by atoms with Gasteiger partial charge in [0.2, 0.25) is 0 Å². The highest BCUT2D eigenvalue weighted by Crippen LogP contribution is 2.22. The van der Waals surface area contributed by atoms with E-state index in [0.717, 1.165) is 12.8 Å². The molecule has 0 aromatic heterocycles. The fraction of sp³-hybridized carbons (Fsp3) is 0.857. The van der Waals surface area contributed by atoms with Crippen LogP contribution in [0, 0.1) is 5.92 Å². The van der Waals surface area contributed by atoms with Gasteiger partial charge in [-0.3, -0.25) is 4.79 Å². The number of carboxylic acids is 1. The smallest absolute Gasteiger partial charge is 0.320 e. The van der Waals surface area contributed by atoms with Crippen molar-refractivity contribution in [3.8, 4) is 0 Å². The largest absolute Gasteiger partial charge is 0.481 e. The number of urea groups is 1. The maximum atomic E-state index is 12.5. The van der Waals surface area contributed by atoms with E-state index < -0.39 is 5.97 Å². The van der Waals surface area contributed by atoms with Crippen LogP contribution in [-0.2, 0) is 9.53 Å². The second kappa shape index (κ2) is 6.43. The van der Waals surface area contributed by atoms with Gasteiger partial charge in [0.15, 0.2) is 0 Å². The number of piperidine rings is 1. The Morgan fingerprint density at radius 3 is 2.50 bits per heavy atom. The van der Waals surface area contributed by atoms with Gasteiger partial charge >= 0.3 is 12.0 Å². The van der Waals surface area contributed by atoms with Crippen LogP contribution in [0.5, 0.6) is 0 Å². The Labute approximate surface area is 119 Å². The first-order chi connectivity index (χ1) is 9.47. The van der Waals surface area contributed by atoms with Crippen LogP contribution in [0.1, 0.15) is 33.1 Å². The van der Waals surface area contributed by atoms with E-state index >= 15 is 0 Å². The molecule has 0 spiro atoms. The molecule has 2 unspecified atom stereocenters. The molecule has 0 saturated carbocycles. The molecule has 0 bridgehead atoms. The van der Waals surface area contributed by atoms with Gasteiger partial charge in [-0.15, -0.1) is 0 Å². The lowest BCUT2D eigenvalue weighted by molar-refractivity contribution is -0.138. The first kappa shape index (κ1) is 15.1. The van der Waals surface area contributed by atoms with E-state index in [1.165, 1.54) is 0 Å². The number of rotatable bonds is 2. The van der Waals surface area contributed by atoms with Crippen molar-refractivity contribution >= 4 is 12.0 Å². The first-order valence-electron chi connectivity index (χ1n) is 7.36. The number of carbonyl (C=O) groups excluding carboxylic acids is 1. The van der Waals surface area contributed by atoms with E-state index in [0.29, 0.717) is 26.2 Å². The van der Waals surface area contributed by atoms with Crippen molar-refractivity contribution in [2.45, 2.75) is 45.3 Å². The zero-order valence-corrected chi connectivity index (χ0v) is 12.2. The molecule has 20 heavy (non-hydrogen) atoms. The Kier molecular flexibility index (Phi) is 4.86. The van der Waals surface area contributed by atoms with Crippen molar-refractivity contribution in [1.29, 1.82) is 0 Å². The van der Waals surface area contributed by atoms with Gasteiger partial charge < -0.3 is 19.6 Å². The molecule has 2 aliphatic heterocycles. The fourth-order valence-electron chi connectivity index (χ4n) is 2.93. The molecule has 6 heteroatoms. The highest BCUT2D eigenvalue weighted by molar-refractivity contribution is 5.75. The van der Waals surface area contributed by atoms with Crippen molar-refractivity contribution in [2.75, 3.05) is 26.2 Å². The lowest BCUT2D eigenvalue weighted by Crippen LogP contribution is -2.55. The molecule has 2 heterocycles. The normalized spacial score (nSPS) is 28.5. The first-order valence-corrected chi connectivity index (χ1v) is 7.36. The number of hydrogen-bond acceptors (Lipinski definition) is 3. The molecule has 2 amide bonds. The van der Waals surface area contributed by atoms with Crippen molar-refractivity contribution < 1.29 is 19.4 Å². The number of carboxylic acid groups (broad SMARTS) is 1. The number of aliphatic carboxylic acids is 1. The quantitative estimate of drug-likeness (QED) is 0.832. The highest BCUT2D eigenvalue weighted by atomic mass is 16.5. The molecule has 2 saturated heterocycles. The summed E-state index contributed by atoms with van der Waals surface area (Å²) in [4.78, 5) is 27.0. The molecule has 1 N–H and O–H groups in total. The second-order valence-electron chi connectivity index (χ2n) is 5.96. The molecule has 6 nitrogen and oxygen atoms in total. The molecule has 2 atom stereocenters. The Hall–Kier alpha value is -1.30. The summed E-state index contributed by atoms with van der Waals surface area (Å²) in [6.07, 6.45) is 1.87. The van der Waals surface area contributed by atoms with Crippen molar-refractivity contribution in [3.05, 3.63) is 0 Å². The van der Waals surface area contributed by atoms with E-state index in [-0.39, 0.29) is 30.5 Å². The van der Waals surface area contributed by atoms with Gasteiger partial charge in [-0.05, 0) is 32.6 Å². The zero-order chi connectivity index (χ0) is 14.7. The summed E-state index contributed by atoms with van der Waals surface area (Å²) < 4.78 is 5.54. The zero-order valence-electron chi connectivity index (χ0n) is 12.2. The molecule has 0 aromatic rings. The van der Waals surface area contributed by atoms with E-state index in [1.807, 2.05) is 23.6 Å². The van der Waals surface area contributed by atoms with Crippen LogP contribution in [-0.4, -0.2) is 65.3 Å². The molecule has 2 rings (SSSR count). The maximum absolute atomic E-state index is 12.5. The predicted molar refractivity (Wildman–Crippen MR) is 73.5 cm³/mol. The van der Waals surface area contributed by atoms with Crippen LogP contribution in [0.25, 0.3) is 0 Å². The second-order valence-corrected chi connectivity index (χ2v) is 5.96. The average molecular weight is 284 g/mol. The summed E-state index contributed by atoms with van der Waals surface area (Å²) in [6.45, 7) is 6.52. The van der Waals surface area contributed by atoms with Crippen molar-refractivity contribution in [2.24, 2.45) is 5.92 Å². The fourth-order valence-corrected chi connectivity index (χ4v) is 2.93. The molecular formula is C14H24N2O4. The Balaban J connectivity index is 1.86. The minimum Gasteiger partial charge on any atom is -0.481 e. The van der Waals surface area contributed by atoms with Crippen LogP contribution < -0.4 is 0 Å². The molecular weight excluding hydrogens is 260 g/mol. The monoisotopic (exact) mass is 284 g/mol. The van der Waals surface area contributed by atoms with Gasteiger partial charge in [0.05, 0.1) is 18.8 Å². The van der Waals surface area contributed by atoms with E-state index in [4.69, 9.17) is 9.84 Å². The third kappa shape index (κ3) is 3.62. The predicted octanol–water partition coefficient (Wildman–Crippen LogP) is 1.40. The van der Waals surface area contributed by atoms with Gasteiger partial charge in [-0.2, -0.15) is 0 Å². The number of nitrogens with zero attached hydrogens (tertiary/aromatic N) is 2. The minimum atomic E-state index is -0.745. The SMILES string of the molecule is CC1CN(C(=O)N2CCC(CC(=O)O)CC2)C(C)CO1. The van der Waals surface area contributed by atoms with Gasteiger partial charge in [0.1, 0.15) is 0 Å². The topological polar surface area (TPSA) is 70.1 Å². The number of carbonyl (C=O) groups is 2. The van der Waals surface area contributed by atoms with Crippen molar-refractivity contribution in [1.82, 2.24) is 9.80 Å². The van der Waals surface area contributed by atoms with Crippen LogP contribution in [0.4, 0.5) is 4.79 Å². The number of ether oxygens (including phenoxy) is 1. The summed E-state index contributed by atoms with van der Waals surface area (Å²) in [5.74, 6) is -0.539.